The summed E-state index contributed by atoms with van der Waals surface area (Å²) < 4.78 is 40.2. The zero-order valence-corrected chi connectivity index (χ0v) is 16.6. The molecule has 1 aliphatic rings. The highest BCUT2D eigenvalue weighted by Crippen LogP contribution is 2.40. The SMILES string of the molecule is O=c1[nH]c(C2CC=C(c3ccccc3C(F)(F)F)CC2)c(Cc2ccccc2)c(=O)[nH]1. The Kier molecular flexibility index (Phi) is 5.67. The largest absolute Gasteiger partial charge is 0.416 e. The fraction of sp³-hybridized carbons (Fsp3) is 0.250. The second kappa shape index (κ2) is 8.41. The zero-order valence-electron chi connectivity index (χ0n) is 16.6. The van der Waals surface area contributed by atoms with Crippen LogP contribution in [0.1, 0.15) is 53.1 Å². The molecule has 1 heterocycles. The number of nitrogens with one attached hydrogen (secondary N) is 2. The first kappa shape index (κ1) is 20.9. The van der Waals surface area contributed by atoms with Crippen LogP contribution in [-0.2, 0) is 12.6 Å². The van der Waals surface area contributed by atoms with E-state index in [4.69, 9.17) is 0 Å². The van der Waals surface area contributed by atoms with Gasteiger partial charge in [-0.05, 0) is 42.0 Å². The first-order valence-electron chi connectivity index (χ1n) is 10.1. The maximum absolute atomic E-state index is 13.4. The molecule has 7 heteroatoms. The molecule has 0 radical (unpaired) electrons. The minimum absolute atomic E-state index is 0.143. The predicted octanol–water partition coefficient (Wildman–Crippen LogP) is 5.02. The van der Waals surface area contributed by atoms with Crippen molar-refractivity contribution >= 4 is 5.57 Å². The van der Waals surface area contributed by atoms with Crippen LogP contribution in [0.3, 0.4) is 0 Å². The van der Waals surface area contributed by atoms with Crippen molar-refractivity contribution in [1.29, 1.82) is 0 Å². The lowest BCUT2D eigenvalue weighted by Crippen LogP contribution is -2.30. The van der Waals surface area contributed by atoms with Gasteiger partial charge in [-0.15, -0.1) is 0 Å². The number of aromatic nitrogens is 2. The molecule has 160 valence electrons. The number of rotatable bonds is 4. The van der Waals surface area contributed by atoms with Crippen molar-refractivity contribution < 1.29 is 13.2 Å². The summed E-state index contributed by atoms with van der Waals surface area (Å²) in [6.07, 6.45) is -0.842. The van der Waals surface area contributed by atoms with Crippen LogP contribution >= 0.6 is 0 Å². The molecule has 0 aliphatic heterocycles. The molecule has 1 atom stereocenters. The summed E-state index contributed by atoms with van der Waals surface area (Å²) >= 11 is 0. The molecule has 2 N–H and O–H groups in total. The standard InChI is InChI=1S/C24H21F3N2O2/c25-24(26,27)20-9-5-4-8-18(20)16-10-12-17(13-11-16)21-19(22(30)29-23(31)28-21)14-15-6-2-1-3-7-15/h1-10,17H,11-14H2,(H2,28,29,30,31). The normalized spacial score (nSPS) is 16.7. The van der Waals surface area contributed by atoms with E-state index in [0.29, 0.717) is 42.5 Å². The average Bonchev–Trinajstić information content (AvgIpc) is 2.76. The third-order valence-electron chi connectivity index (χ3n) is 5.70. The monoisotopic (exact) mass is 426 g/mol. The molecule has 3 aromatic rings. The molecule has 0 amide bonds. The number of hydrogen-bond acceptors (Lipinski definition) is 2. The van der Waals surface area contributed by atoms with Gasteiger partial charge in [-0.2, -0.15) is 13.2 Å². The van der Waals surface area contributed by atoms with Gasteiger partial charge in [0.15, 0.2) is 0 Å². The lowest BCUT2D eigenvalue weighted by Gasteiger charge is -2.25. The van der Waals surface area contributed by atoms with Gasteiger partial charge in [0, 0.05) is 23.6 Å². The summed E-state index contributed by atoms with van der Waals surface area (Å²) in [7, 11) is 0. The van der Waals surface area contributed by atoms with Gasteiger partial charge in [0.05, 0.1) is 5.56 Å². The van der Waals surface area contributed by atoms with Gasteiger partial charge in [-0.1, -0.05) is 54.6 Å². The number of halogens is 3. The van der Waals surface area contributed by atoms with Crippen LogP contribution in [-0.4, -0.2) is 9.97 Å². The van der Waals surface area contributed by atoms with Gasteiger partial charge in [-0.25, -0.2) is 4.79 Å². The fourth-order valence-electron chi connectivity index (χ4n) is 4.21. The third-order valence-corrected chi connectivity index (χ3v) is 5.70. The Bertz CT molecular complexity index is 1220. The fourth-order valence-corrected chi connectivity index (χ4v) is 4.21. The van der Waals surface area contributed by atoms with Gasteiger partial charge in [0.1, 0.15) is 0 Å². The van der Waals surface area contributed by atoms with Crippen LogP contribution in [0.5, 0.6) is 0 Å². The summed E-state index contributed by atoms with van der Waals surface area (Å²) in [5.74, 6) is -0.143. The Morgan fingerprint density at radius 1 is 0.935 bits per heavy atom. The molecule has 1 unspecified atom stereocenters. The van der Waals surface area contributed by atoms with Gasteiger partial charge >= 0.3 is 11.9 Å². The Morgan fingerprint density at radius 2 is 1.65 bits per heavy atom. The molecule has 4 rings (SSSR count). The van der Waals surface area contributed by atoms with Crippen molar-refractivity contribution in [2.45, 2.75) is 37.8 Å². The summed E-state index contributed by atoms with van der Waals surface area (Å²) in [6, 6.07) is 15.0. The molecule has 1 aromatic heterocycles. The van der Waals surface area contributed by atoms with E-state index in [1.165, 1.54) is 12.1 Å². The topological polar surface area (TPSA) is 65.7 Å². The molecule has 0 spiro atoms. The average molecular weight is 426 g/mol. The molecular weight excluding hydrogens is 405 g/mol. The first-order chi connectivity index (χ1) is 14.8. The Morgan fingerprint density at radius 3 is 2.32 bits per heavy atom. The number of benzene rings is 2. The van der Waals surface area contributed by atoms with Crippen LogP contribution in [0, 0.1) is 0 Å². The van der Waals surface area contributed by atoms with Crippen molar-refractivity contribution in [3.8, 4) is 0 Å². The minimum atomic E-state index is -4.42. The van der Waals surface area contributed by atoms with E-state index in [9.17, 15) is 22.8 Å². The lowest BCUT2D eigenvalue weighted by atomic mass is 9.82. The summed E-state index contributed by atoms with van der Waals surface area (Å²) in [6.45, 7) is 0. The van der Waals surface area contributed by atoms with Crippen LogP contribution in [0.4, 0.5) is 13.2 Å². The minimum Gasteiger partial charge on any atom is -0.311 e. The van der Waals surface area contributed by atoms with E-state index in [1.807, 2.05) is 30.3 Å². The summed E-state index contributed by atoms with van der Waals surface area (Å²) in [4.78, 5) is 29.5. The van der Waals surface area contributed by atoms with Gasteiger partial charge in [-0.3, -0.25) is 9.78 Å². The van der Waals surface area contributed by atoms with E-state index in [2.05, 4.69) is 9.97 Å². The Labute approximate surface area is 176 Å². The molecule has 31 heavy (non-hydrogen) atoms. The number of hydrogen-bond donors (Lipinski definition) is 2. The lowest BCUT2D eigenvalue weighted by molar-refractivity contribution is -0.137. The van der Waals surface area contributed by atoms with Crippen LogP contribution in [0.25, 0.3) is 5.57 Å². The Balaban J connectivity index is 1.66. The zero-order chi connectivity index (χ0) is 22.0. The van der Waals surface area contributed by atoms with E-state index in [0.717, 1.165) is 11.6 Å². The highest BCUT2D eigenvalue weighted by molar-refractivity contribution is 5.69. The molecule has 4 nitrogen and oxygen atoms in total. The highest BCUT2D eigenvalue weighted by Gasteiger charge is 2.34. The maximum Gasteiger partial charge on any atom is 0.416 e. The number of alkyl halides is 3. The molecule has 0 saturated carbocycles. The number of aromatic amines is 2. The van der Waals surface area contributed by atoms with Crippen LogP contribution in [0.2, 0.25) is 0 Å². The van der Waals surface area contributed by atoms with Crippen molar-refractivity contribution in [1.82, 2.24) is 9.97 Å². The van der Waals surface area contributed by atoms with E-state index < -0.39 is 23.0 Å². The number of allylic oxidation sites excluding steroid dienone is 2. The molecule has 2 aromatic carbocycles. The van der Waals surface area contributed by atoms with Crippen LogP contribution < -0.4 is 11.2 Å². The van der Waals surface area contributed by atoms with Gasteiger partial charge in [0.2, 0.25) is 0 Å². The summed E-state index contributed by atoms with van der Waals surface area (Å²) in [5, 5.41) is 0. The van der Waals surface area contributed by atoms with Crippen molar-refractivity contribution in [3.05, 3.63) is 109 Å². The molecule has 0 saturated heterocycles. The quantitative estimate of drug-likeness (QED) is 0.615. The second-order valence-electron chi connectivity index (χ2n) is 7.71. The number of H-pyrrole nitrogens is 2. The van der Waals surface area contributed by atoms with Crippen molar-refractivity contribution in [3.63, 3.8) is 0 Å². The van der Waals surface area contributed by atoms with Crippen molar-refractivity contribution in [2.75, 3.05) is 0 Å². The molecule has 0 fully saturated rings. The van der Waals surface area contributed by atoms with Crippen LogP contribution in [0.15, 0.2) is 70.3 Å². The third kappa shape index (κ3) is 4.55. The molecule has 0 bridgehead atoms. The maximum atomic E-state index is 13.4. The second-order valence-corrected chi connectivity index (χ2v) is 7.71. The van der Waals surface area contributed by atoms with E-state index in [-0.39, 0.29) is 11.5 Å². The highest BCUT2D eigenvalue weighted by atomic mass is 19.4. The molecule has 1 aliphatic carbocycles. The van der Waals surface area contributed by atoms with Gasteiger partial charge < -0.3 is 4.98 Å². The predicted molar refractivity (Wildman–Crippen MR) is 113 cm³/mol. The van der Waals surface area contributed by atoms with Crippen molar-refractivity contribution in [2.24, 2.45) is 0 Å². The smallest absolute Gasteiger partial charge is 0.311 e. The van der Waals surface area contributed by atoms with Gasteiger partial charge in [0.25, 0.3) is 5.56 Å². The van der Waals surface area contributed by atoms with E-state index >= 15 is 0 Å². The van der Waals surface area contributed by atoms with E-state index in [1.54, 1.807) is 12.1 Å². The summed E-state index contributed by atoms with van der Waals surface area (Å²) in [5.41, 5.74) is 1.17. The Hall–Kier alpha value is -3.35. The first-order valence-corrected chi connectivity index (χ1v) is 10.1. The molecular formula is C24H21F3N2O2.